The van der Waals surface area contributed by atoms with E-state index in [0.717, 1.165) is 22.7 Å². The van der Waals surface area contributed by atoms with Crippen molar-refractivity contribution in [3.05, 3.63) is 53.3 Å². The van der Waals surface area contributed by atoms with Gasteiger partial charge in [-0.15, -0.1) is 0 Å². The van der Waals surface area contributed by atoms with Gasteiger partial charge in [-0.05, 0) is 24.3 Å². The third-order valence-electron chi connectivity index (χ3n) is 3.30. The van der Waals surface area contributed by atoms with Crippen LogP contribution in [0.1, 0.15) is 5.69 Å². The molecule has 2 aromatic heterocycles. The molecule has 4 nitrogen and oxygen atoms in total. The normalized spacial score (nSPS) is 10.5. The quantitative estimate of drug-likeness (QED) is 0.692. The van der Waals surface area contributed by atoms with E-state index in [4.69, 9.17) is 21.6 Å². The summed E-state index contributed by atoms with van der Waals surface area (Å²) >= 11 is 6.25. The molecule has 0 atom stereocenters. The Morgan fingerprint density at radius 1 is 1.24 bits per heavy atom. The Kier molecular flexibility index (Phi) is 3.51. The van der Waals surface area contributed by atoms with Crippen LogP contribution in [0.3, 0.4) is 0 Å². The summed E-state index contributed by atoms with van der Waals surface area (Å²) < 4.78 is 7.19. The van der Waals surface area contributed by atoms with E-state index in [1.165, 1.54) is 0 Å². The Balaban J connectivity index is 2.35. The molecule has 2 heterocycles. The number of hydrogen-bond donors (Lipinski definition) is 0. The smallest absolute Gasteiger partial charge is 0.138 e. The van der Waals surface area contributed by atoms with Crippen LogP contribution in [-0.4, -0.2) is 16.5 Å². The summed E-state index contributed by atoms with van der Waals surface area (Å²) in [6, 6.07) is 15.3. The van der Waals surface area contributed by atoms with Gasteiger partial charge >= 0.3 is 0 Å². The van der Waals surface area contributed by atoms with E-state index in [1.54, 1.807) is 17.6 Å². The maximum atomic E-state index is 9.12. The molecule has 3 rings (SSSR count). The molecule has 0 aliphatic heterocycles. The highest BCUT2D eigenvalue weighted by molar-refractivity contribution is 6.29. The van der Waals surface area contributed by atoms with Crippen molar-refractivity contribution < 1.29 is 4.74 Å². The lowest BCUT2D eigenvalue weighted by atomic mass is 10.1. The van der Waals surface area contributed by atoms with Crippen molar-refractivity contribution in [2.45, 2.75) is 6.42 Å². The van der Waals surface area contributed by atoms with Crippen LogP contribution in [0, 0.1) is 11.3 Å². The number of fused-ring (bicyclic) bond motifs is 1. The van der Waals surface area contributed by atoms with Gasteiger partial charge in [-0.1, -0.05) is 29.8 Å². The van der Waals surface area contributed by atoms with Crippen molar-refractivity contribution >= 4 is 17.2 Å². The maximum absolute atomic E-state index is 9.12. The van der Waals surface area contributed by atoms with Crippen LogP contribution in [0.15, 0.2) is 42.5 Å². The highest BCUT2D eigenvalue weighted by Crippen LogP contribution is 2.33. The molecule has 0 amide bonds. The molecule has 0 unspecified atom stereocenters. The zero-order valence-electron chi connectivity index (χ0n) is 11.4. The summed E-state index contributed by atoms with van der Waals surface area (Å²) in [7, 11) is 1.62. The number of rotatable bonds is 3. The molecule has 5 heteroatoms. The summed E-state index contributed by atoms with van der Waals surface area (Å²) in [4.78, 5) is 4.62. The van der Waals surface area contributed by atoms with Crippen molar-refractivity contribution in [1.82, 2.24) is 9.38 Å². The molecule has 0 aliphatic rings. The standard InChI is InChI=1S/C16H12ClN3O/c1-21-13-6-3-2-5-11(13)16-12(9-10-18)20-14(17)7-4-8-15(20)19-16/h2-8H,9H2,1H3. The van der Waals surface area contributed by atoms with E-state index in [-0.39, 0.29) is 6.42 Å². The average molecular weight is 298 g/mol. The van der Waals surface area contributed by atoms with Crippen LogP contribution in [0.2, 0.25) is 5.15 Å². The van der Waals surface area contributed by atoms with E-state index in [2.05, 4.69) is 11.1 Å². The van der Waals surface area contributed by atoms with E-state index in [0.29, 0.717) is 10.8 Å². The van der Waals surface area contributed by atoms with Crippen LogP contribution in [-0.2, 0) is 6.42 Å². The molecular weight excluding hydrogens is 286 g/mol. The second-order valence-corrected chi connectivity index (χ2v) is 4.87. The number of nitrogens with zero attached hydrogens (tertiary/aromatic N) is 3. The molecule has 0 aliphatic carbocycles. The third kappa shape index (κ3) is 2.22. The molecule has 21 heavy (non-hydrogen) atoms. The summed E-state index contributed by atoms with van der Waals surface area (Å²) in [6.45, 7) is 0. The zero-order chi connectivity index (χ0) is 14.8. The number of methoxy groups -OCH3 is 1. The second-order valence-electron chi connectivity index (χ2n) is 4.48. The fourth-order valence-electron chi connectivity index (χ4n) is 2.41. The van der Waals surface area contributed by atoms with Crippen LogP contribution >= 0.6 is 11.6 Å². The number of hydrogen-bond acceptors (Lipinski definition) is 3. The fourth-order valence-corrected chi connectivity index (χ4v) is 2.67. The fraction of sp³-hybridized carbons (Fsp3) is 0.125. The van der Waals surface area contributed by atoms with Gasteiger partial charge in [0.25, 0.3) is 0 Å². The van der Waals surface area contributed by atoms with Crippen molar-refractivity contribution in [2.75, 3.05) is 7.11 Å². The van der Waals surface area contributed by atoms with Crippen LogP contribution in [0.25, 0.3) is 16.9 Å². The summed E-state index contributed by atoms with van der Waals surface area (Å²) in [5.74, 6) is 0.719. The average Bonchev–Trinajstić information content (AvgIpc) is 2.87. The van der Waals surface area contributed by atoms with E-state index in [1.807, 2.05) is 36.4 Å². The number of ether oxygens (including phenoxy) is 1. The first-order valence-electron chi connectivity index (χ1n) is 6.42. The van der Waals surface area contributed by atoms with Gasteiger partial charge in [-0.25, -0.2) is 4.98 Å². The number of halogens is 1. The molecule has 0 N–H and O–H groups in total. The van der Waals surface area contributed by atoms with Crippen molar-refractivity contribution in [3.63, 3.8) is 0 Å². The Morgan fingerprint density at radius 3 is 2.81 bits per heavy atom. The highest BCUT2D eigenvalue weighted by atomic mass is 35.5. The van der Waals surface area contributed by atoms with Crippen LogP contribution < -0.4 is 4.74 Å². The lowest BCUT2D eigenvalue weighted by Crippen LogP contribution is -1.96. The first kappa shape index (κ1) is 13.5. The van der Waals surface area contributed by atoms with Crippen molar-refractivity contribution in [2.24, 2.45) is 0 Å². The predicted octanol–water partition coefficient (Wildman–Crippen LogP) is 3.73. The molecule has 0 bridgehead atoms. The van der Waals surface area contributed by atoms with Gasteiger partial charge in [0.2, 0.25) is 0 Å². The minimum atomic E-state index is 0.221. The number of imidazole rings is 1. The maximum Gasteiger partial charge on any atom is 0.138 e. The SMILES string of the molecule is COc1ccccc1-c1nc2cccc(Cl)n2c1CC#N. The van der Waals surface area contributed by atoms with Crippen molar-refractivity contribution in [1.29, 1.82) is 5.26 Å². The first-order valence-corrected chi connectivity index (χ1v) is 6.80. The summed E-state index contributed by atoms with van der Waals surface area (Å²) in [5, 5.41) is 9.65. The van der Waals surface area contributed by atoms with Gasteiger partial charge < -0.3 is 4.74 Å². The van der Waals surface area contributed by atoms with E-state index >= 15 is 0 Å². The largest absolute Gasteiger partial charge is 0.496 e. The molecule has 3 aromatic rings. The number of benzene rings is 1. The predicted molar refractivity (Wildman–Crippen MR) is 81.5 cm³/mol. The van der Waals surface area contributed by atoms with Gasteiger partial charge in [0.1, 0.15) is 16.5 Å². The van der Waals surface area contributed by atoms with Gasteiger partial charge in [0, 0.05) is 5.56 Å². The second kappa shape index (κ2) is 5.47. The van der Waals surface area contributed by atoms with E-state index in [9.17, 15) is 0 Å². The lowest BCUT2D eigenvalue weighted by molar-refractivity contribution is 0.416. The molecule has 0 saturated carbocycles. The first-order chi connectivity index (χ1) is 10.3. The number of nitriles is 1. The Hall–Kier alpha value is -2.51. The monoisotopic (exact) mass is 297 g/mol. The molecule has 1 aromatic carbocycles. The molecule has 0 fully saturated rings. The molecule has 0 radical (unpaired) electrons. The highest BCUT2D eigenvalue weighted by Gasteiger charge is 2.18. The van der Waals surface area contributed by atoms with Gasteiger partial charge in [-0.3, -0.25) is 4.40 Å². The van der Waals surface area contributed by atoms with Crippen LogP contribution in [0.4, 0.5) is 0 Å². The zero-order valence-corrected chi connectivity index (χ0v) is 12.1. The molecule has 0 saturated heterocycles. The van der Waals surface area contributed by atoms with Crippen LogP contribution in [0.5, 0.6) is 5.75 Å². The van der Waals surface area contributed by atoms with E-state index < -0.39 is 0 Å². The summed E-state index contributed by atoms with van der Waals surface area (Å²) in [5.41, 5.74) is 3.06. The molecule has 104 valence electrons. The van der Waals surface area contributed by atoms with Gasteiger partial charge in [0.15, 0.2) is 0 Å². The minimum absolute atomic E-state index is 0.221. The topological polar surface area (TPSA) is 50.3 Å². The Morgan fingerprint density at radius 2 is 2.05 bits per heavy atom. The molecule has 0 spiro atoms. The van der Waals surface area contributed by atoms with Gasteiger partial charge in [-0.2, -0.15) is 5.26 Å². The van der Waals surface area contributed by atoms with Crippen molar-refractivity contribution in [3.8, 4) is 23.1 Å². The molecular formula is C16H12ClN3O. The summed E-state index contributed by atoms with van der Waals surface area (Å²) in [6.07, 6.45) is 0.221. The number of pyridine rings is 1. The van der Waals surface area contributed by atoms with Gasteiger partial charge in [0.05, 0.1) is 31.0 Å². The number of para-hydroxylation sites is 1. The minimum Gasteiger partial charge on any atom is -0.496 e. The Bertz CT molecular complexity index is 848. The number of aromatic nitrogens is 2. The Labute approximate surface area is 127 Å². The third-order valence-corrected chi connectivity index (χ3v) is 3.59. The lowest BCUT2D eigenvalue weighted by Gasteiger charge is -2.07.